The van der Waals surface area contributed by atoms with E-state index in [-0.39, 0.29) is 6.61 Å². The van der Waals surface area contributed by atoms with Crippen molar-refractivity contribution in [1.82, 2.24) is 5.32 Å². The Labute approximate surface area is 88.8 Å². The Hall–Kier alpha value is -1.26. The molecule has 0 fully saturated rings. The quantitative estimate of drug-likeness (QED) is 0.707. The van der Waals surface area contributed by atoms with Crippen molar-refractivity contribution in [2.75, 3.05) is 19.9 Å². The number of nitrogens with one attached hydrogen (secondary N) is 1. The molecular weight excluding hydrogens is 194 g/mol. The molecule has 0 saturated heterocycles. The molecule has 4 nitrogen and oxygen atoms in total. The zero-order chi connectivity index (χ0) is 10.5. The molecule has 82 valence electrons. The van der Waals surface area contributed by atoms with E-state index in [2.05, 4.69) is 5.32 Å². The molecule has 0 aromatic heterocycles. The van der Waals surface area contributed by atoms with Crippen LogP contribution < -0.4 is 14.8 Å². The summed E-state index contributed by atoms with van der Waals surface area (Å²) in [5.41, 5.74) is 1.10. The number of ether oxygens (including phenoxy) is 2. The summed E-state index contributed by atoms with van der Waals surface area (Å²) >= 11 is 0. The summed E-state index contributed by atoms with van der Waals surface area (Å²) in [4.78, 5) is 0. The predicted molar refractivity (Wildman–Crippen MR) is 56.0 cm³/mol. The minimum absolute atomic E-state index is 0.222. The largest absolute Gasteiger partial charge is 0.454 e. The first-order valence-electron chi connectivity index (χ1n) is 5.11. The molecule has 1 aromatic rings. The van der Waals surface area contributed by atoms with Crippen molar-refractivity contribution in [3.63, 3.8) is 0 Å². The molecule has 1 aromatic carbocycles. The molecule has 1 heterocycles. The van der Waals surface area contributed by atoms with Gasteiger partial charge in [-0.15, -0.1) is 0 Å². The lowest BCUT2D eigenvalue weighted by Crippen LogP contribution is -2.15. The molecule has 0 radical (unpaired) electrons. The van der Waals surface area contributed by atoms with Gasteiger partial charge < -0.3 is 19.9 Å². The van der Waals surface area contributed by atoms with Gasteiger partial charge in [-0.2, -0.15) is 0 Å². The second-order valence-corrected chi connectivity index (χ2v) is 3.40. The SMILES string of the molecule is OCCCNCc1cccc2c1OCO2. The molecule has 2 N–H and O–H groups in total. The summed E-state index contributed by atoms with van der Waals surface area (Å²) in [6, 6.07) is 5.87. The number of aliphatic hydroxyl groups is 1. The lowest BCUT2D eigenvalue weighted by molar-refractivity contribution is 0.173. The lowest BCUT2D eigenvalue weighted by Gasteiger charge is -2.06. The Morgan fingerprint density at radius 2 is 2.27 bits per heavy atom. The second-order valence-electron chi connectivity index (χ2n) is 3.40. The minimum atomic E-state index is 0.222. The number of hydrogen-bond donors (Lipinski definition) is 2. The molecular formula is C11H15NO3. The third-order valence-electron chi connectivity index (χ3n) is 2.31. The Kier molecular flexibility index (Phi) is 3.42. The van der Waals surface area contributed by atoms with Crippen LogP contribution in [0.4, 0.5) is 0 Å². The highest BCUT2D eigenvalue weighted by molar-refractivity contribution is 5.47. The van der Waals surface area contributed by atoms with E-state index in [4.69, 9.17) is 14.6 Å². The van der Waals surface area contributed by atoms with Crippen LogP contribution in [0.1, 0.15) is 12.0 Å². The number of hydrogen-bond acceptors (Lipinski definition) is 4. The van der Waals surface area contributed by atoms with Gasteiger partial charge in [0.15, 0.2) is 11.5 Å². The first kappa shape index (κ1) is 10.3. The second kappa shape index (κ2) is 5.00. The third kappa shape index (κ3) is 2.40. The smallest absolute Gasteiger partial charge is 0.231 e. The van der Waals surface area contributed by atoms with E-state index in [1.165, 1.54) is 0 Å². The average Bonchev–Trinajstić information content (AvgIpc) is 2.73. The molecule has 0 bridgehead atoms. The Bertz CT molecular complexity index is 328. The van der Waals surface area contributed by atoms with Crippen LogP contribution in [0.3, 0.4) is 0 Å². The number of para-hydroxylation sites is 1. The summed E-state index contributed by atoms with van der Waals surface area (Å²) in [6.45, 7) is 2.08. The van der Waals surface area contributed by atoms with Gasteiger partial charge in [-0.1, -0.05) is 12.1 Å². The minimum Gasteiger partial charge on any atom is -0.454 e. The van der Waals surface area contributed by atoms with Crippen LogP contribution in [0.15, 0.2) is 18.2 Å². The van der Waals surface area contributed by atoms with Crippen molar-refractivity contribution >= 4 is 0 Å². The van der Waals surface area contributed by atoms with E-state index >= 15 is 0 Å². The highest BCUT2D eigenvalue weighted by Gasteiger charge is 2.16. The fraction of sp³-hybridized carbons (Fsp3) is 0.455. The van der Waals surface area contributed by atoms with Gasteiger partial charge in [0.05, 0.1) is 0 Å². The van der Waals surface area contributed by atoms with Gasteiger partial charge in [0, 0.05) is 18.7 Å². The van der Waals surface area contributed by atoms with Gasteiger partial charge >= 0.3 is 0 Å². The molecule has 0 saturated carbocycles. The molecule has 15 heavy (non-hydrogen) atoms. The molecule has 0 amide bonds. The fourth-order valence-electron chi connectivity index (χ4n) is 1.56. The maximum absolute atomic E-state index is 8.63. The monoisotopic (exact) mass is 209 g/mol. The molecule has 0 spiro atoms. The van der Waals surface area contributed by atoms with E-state index in [1.807, 2.05) is 18.2 Å². The van der Waals surface area contributed by atoms with Crippen LogP contribution in [0, 0.1) is 0 Å². The molecule has 0 aliphatic carbocycles. The molecule has 4 heteroatoms. The standard InChI is InChI=1S/C11H15NO3/c13-6-2-5-12-7-9-3-1-4-10-11(9)15-8-14-10/h1,3-4,12-13H,2,5-8H2. The van der Waals surface area contributed by atoms with E-state index in [0.29, 0.717) is 6.79 Å². The summed E-state index contributed by atoms with van der Waals surface area (Å²) in [5, 5.41) is 11.9. The van der Waals surface area contributed by atoms with Gasteiger partial charge in [0.1, 0.15) is 0 Å². The Morgan fingerprint density at radius 1 is 1.33 bits per heavy atom. The van der Waals surface area contributed by atoms with Crippen molar-refractivity contribution in [3.05, 3.63) is 23.8 Å². The summed E-state index contributed by atoms with van der Waals surface area (Å²) < 4.78 is 10.7. The molecule has 1 aliphatic rings. The lowest BCUT2D eigenvalue weighted by atomic mass is 10.2. The summed E-state index contributed by atoms with van der Waals surface area (Å²) in [7, 11) is 0. The number of fused-ring (bicyclic) bond motifs is 1. The number of aliphatic hydroxyl groups excluding tert-OH is 1. The first-order chi connectivity index (χ1) is 7.42. The van der Waals surface area contributed by atoms with Crippen LogP contribution in [-0.2, 0) is 6.54 Å². The average molecular weight is 209 g/mol. The molecule has 2 rings (SSSR count). The topological polar surface area (TPSA) is 50.7 Å². The predicted octanol–water partition coefficient (Wildman–Crippen LogP) is 0.887. The van der Waals surface area contributed by atoms with Gasteiger partial charge in [-0.3, -0.25) is 0 Å². The zero-order valence-corrected chi connectivity index (χ0v) is 8.53. The highest BCUT2D eigenvalue weighted by Crippen LogP contribution is 2.35. The van der Waals surface area contributed by atoms with E-state index in [0.717, 1.165) is 36.6 Å². The molecule has 0 atom stereocenters. The van der Waals surface area contributed by atoms with Crippen LogP contribution in [0.25, 0.3) is 0 Å². The van der Waals surface area contributed by atoms with E-state index in [1.54, 1.807) is 0 Å². The van der Waals surface area contributed by atoms with Crippen LogP contribution in [-0.4, -0.2) is 25.1 Å². The van der Waals surface area contributed by atoms with Crippen molar-refractivity contribution in [3.8, 4) is 11.5 Å². The fourth-order valence-corrected chi connectivity index (χ4v) is 1.56. The normalized spacial score (nSPS) is 13.1. The van der Waals surface area contributed by atoms with Crippen LogP contribution in [0.5, 0.6) is 11.5 Å². The van der Waals surface area contributed by atoms with Crippen molar-refractivity contribution in [2.24, 2.45) is 0 Å². The third-order valence-corrected chi connectivity index (χ3v) is 2.31. The van der Waals surface area contributed by atoms with Crippen LogP contribution >= 0.6 is 0 Å². The van der Waals surface area contributed by atoms with Gasteiger partial charge in [-0.25, -0.2) is 0 Å². The number of benzene rings is 1. The Morgan fingerprint density at radius 3 is 3.13 bits per heavy atom. The van der Waals surface area contributed by atoms with Gasteiger partial charge in [-0.05, 0) is 19.0 Å². The first-order valence-corrected chi connectivity index (χ1v) is 5.11. The maximum atomic E-state index is 8.63. The van der Waals surface area contributed by atoms with E-state index in [9.17, 15) is 0 Å². The van der Waals surface area contributed by atoms with Crippen LogP contribution in [0.2, 0.25) is 0 Å². The maximum Gasteiger partial charge on any atom is 0.231 e. The van der Waals surface area contributed by atoms with Gasteiger partial charge in [0.2, 0.25) is 6.79 Å². The van der Waals surface area contributed by atoms with Gasteiger partial charge in [0.25, 0.3) is 0 Å². The van der Waals surface area contributed by atoms with Crippen molar-refractivity contribution in [2.45, 2.75) is 13.0 Å². The molecule has 1 aliphatic heterocycles. The zero-order valence-electron chi connectivity index (χ0n) is 8.53. The highest BCUT2D eigenvalue weighted by atomic mass is 16.7. The number of rotatable bonds is 5. The summed E-state index contributed by atoms with van der Waals surface area (Å²) in [5.74, 6) is 1.66. The van der Waals surface area contributed by atoms with E-state index < -0.39 is 0 Å². The van der Waals surface area contributed by atoms with Crippen molar-refractivity contribution in [1.29, 1.82) is 0 Å². The Balaban J connectivity index is 1.94. The van der Waals surface area contributed by atoms with Crippen molar-refractivity contribution < 1.29 is 14.6 Å². The summed E-state index contributed by atoms with van der Waals surface area (Å²) in [6.07, 6.45) is 0.770. The molecule has 0 unspecified atom stereocenters.